The number of fused-ring (bicyclic) bond motifs is 1. The van der Waals surface area contributed by atoms with Gasteiger partial charge in [-0.15, -0.1) is 0 Å². The van der Waals surface area contributed by atoms with Crippen molar-refractivity contribution in [3.8, 4) is 5.75 Å². The van der Waals surface area contributed by atoms with Crippen molar-refractivity contribution < 1.29 is 14.8 Å². The Labute approximate surface area is 172 Å². The summed E-state index contributed by atoms with van der Waals surface area (Å²) in [7, 11) is 0. The van der Waals surface area contributed by atoms with Crippen molar-refractivity contribution in [2.75, 3.05) is 6.54 Å². The van der Waals surface area contributed by atoms with Crippen molar-refractivity contribution >= 4 is 22.5 Å². The maximum atomic E-state index is 12.6. The van der Waals surface area contributed by atoms with Crippen LogP contribution >= 0.6 is 0 Å². The summed E-state index contributed by atoms with van der Waals surface area (Å²) in [6, 6.07) is 21.4. The third-order valence-electron chi connectivity index (χ3n) is 5.10. The smallest absolute Gasteiger partial charge is 0.310 e. The molecule has 3 N–H and O–H groups in total. The molecule has 0 aliphatic rings. The molecular weight excluding hydrogens is 382 g/mol. The number of benzene rings is 3. The summed E-state index contributed by atoms with van der Waals surface area (Å²) in [4.78, 5) is 26.1. The topological polar surface area (TPSA) is 108 Å². The summed E-state index contributed by atoms with van der Waals surface area (Å²) >= 11 is 0. The first kappa shape index (κ1) is 19.2. The van der Waals surface area contributed by atoms with E-state index in [1.54, 1.807) is 0 Å². The van der Waals surface area contributed by atoms with Crippen LogP contribution in [0.2, 0.25) is 0 Å². The summed E-state index contributed by atoms with van der Waals surface area (Å²) in [5.74, 6) is -1.05. The van der Waals surface area contributed by atoms with E-state index in [1.165, 1.54) is 6.07 Å². The molecule has 150 valence electrons. The quantitative estimate of drug-likeness (QED) is 0.330. The second-order valence-corrected chi connectivity index (χ2v) is 6.92. The molecule has 0 bridgehead atoms. The standard InChI is InChI=1S/C23H19N3O4/c27-22-12-16(10-11-21(22)26(29)30)23(28)25-13-18(15-6-2-1-3-7-15)19-14-24-20-9-5-4-8-17(19)20/h1-12,14,18,24,27H,13H2,(H,25,28). The number of aromatic amines is 1. The van der Waals surface area contributed by atoms with Gasteiger partial charge >= 0.3 is 5.69 Å². The number of carbonyl (C=O) groups excluding carboxylic acids is 1. The van der Waals surface area contributed by atoms with Crippen LogP contribution in [-0.4, -0.2) is 27.5 Å². The lowest BCUT2D eigenvalue weighted by atomic mass is 9.91. The zero-order chi connectivity index (χ0) is 21.1. The minimum atomic E-state index is -0.695. The van der Waals surface area contributed by atoms with Gasteiger partial charge in [0.25, 0.3) is 5.91 Å². The molecule has 0 aliphatic heterocycles. The fourth-order valence-electron chi connectivity index (χ4n) is 3.59. The molecule has 1 aromatic heterocycles. The predicted molar refractivity (Wildman–Crippen MR) is 114 cm³/mol. The Bertz CT molecular complexity index is 1220. The summed E-state index contributed by atoms with van der Waals surface area (Å²) in [6.45, 7) is 0.322. The number of nitro benzene ring substituents is 1. The number of carbonyl (C=O) groups is 1. The van der Waals surface area contributed by atoms with Crippen LogP contribution < -0.4 is 5.32 Å². The van der Waals surface area contributed by atoms with Gasteiger partial charge in [-0.3, -0.25) is 14.9 Å². The first-order chi connectivity index (χ1) is 14.5. The number of nitro groups is 1. The van der Waals surface area contributed by atoms with E-state index >= 15 is 0 Å². The molecule has 0 spiro atoms. The van der Waals surface area contributed by atoms with E-state index < -0.39 is 22.3 Å². The largest absolute Gasteiger partial charge is 0.502 e. The van der Waals surface area contributed by atoms with Gasteiger partial charge in [-0.05, 0) is 29.3 Å². The van der Waals surface area contributed by atoms with E-state index in [0.717, 1.165) is 34.2 Å². The molecule has 30 heavy (non-hydrogen) atoms. The number of hydrogen-bond acceptors (Lipinski definition) is 4. The Morgan fingerprint density at radius 2 is 1.80 bits per heavy atom. The molecule has 3 aromatic carbocycles. The maximum Gasteiger partial charge on any atom is 0.310 e. The highest BCUT2D eigenvalue weighted by Gasteiger charge is 2.20. The fraction of sp³-hybridized carbons (Fsp3) is 0.0870. The lowest BCUT2D eigenvalue weighted by Crippen LogP contribution is -2.28. The van der Waals surface area contributed by atoms with Crippen molar-refractivity contribution in [1.29, 1.82) is 0 Å². The van der Waals surface area contributed by atoms with E-state index in [4.69, 9.17) is 0 Å². The number of nitrogens with one attached hydrogen (secondary N) is 2. The highest BCUT2D eigenvalue weighted by atomic mass is 16.6. The molecular formula is C23H19N3O4. The Hall–Kier alpha value is -4.13. The van der Waals surface area contributed by atoms with Crippen molar-refractivity contribution in [3.63, 3.8) is 0 Å². The maximum absolute atomic E-state index is 12.6. The number of amides is 1. The number of para-hydroxylation sites is 1. The van der Waals surface area contributed by atoms with Crippen LogP contribution in [0.5, 0.6) is 5.75 Å². The van der Waals surface area contributed by atoms with Crippen LogP contribution in [0.3, 0.4) is 0 Å². The molecule has 1 heterocycles. The van der Waals surface area contributed by atoms with Gasteiger partial charge in [0.2, 0.25) is 0 Å². The van der Waals surface area contributed by atoms with Gasteiger partial charge in [-0.1, -0.05) is 48.5 Å². The molecule has 1 atom stereocenters. The summed E-state index contributed by atoms with van der Waals surface area (Å²) < 4.78 is 0. The van der Waals surface area contributed by atoms with Crippen molar-refractivity contribution in [3.05, 3.63) is 106 Å². The summed E-state index contributed by atoms with van der Waals surface area (Å²) in [5, 5.41) is 24.6. The highest BCUT2D eigenvalue weighted by molar-refractivity contribution is 5.95. The predicted octanol–water partition coefficient (Wildman–Crippen LogP) is 4.34. The normalized spacial score (nSPS) is 11.9. The lowest BCUT2D eigenvalue weighted by molar-refractivity contribution is -0.385. The van der Waals surface area contributed by atoms with E-state index in [2.05, 4.69) is 10.3 Å². The Balaban J connectivity index is 1.61. The van der Waals surface area contributed by atoms with Crippen molar-refractivity contribution in [2.45, 2.75) is 5.92 Å². The third-order valence-corrected chi connectivity index (χ3v) is 5.10. The number of rotatable bonds is 6. The molecule has 4 rings (SSSR count). The lowest BCUT2D eigenvalue weighted by Gasteiger charge is -2.18. The second-order valence-electron chi connectivity index (χ2n) is 6.92. The number of H-pyrrole nitrogens is 1. The van der Waals surface area contributed by atoms with Gasteiger partial charge in [-0.2, -0.15) is 0 Å². The third kappa shape index (κ3) is 3.73. The molecule has 7 nitrogen and oxygen atoms in total. The van der Waals surface area contributed by atoms with Crippen LogP contribution in [-0.2, 0) is 0 Å². The first-order valence-electron chi connectivity index (χ1n) is 9.41. The minimum absolute atomic E-state index is 0.0991. The SMILES string of the molecule is O=C(NCC(c1ccccc1)c1c[nH]c2ccccc12)c1ccc([N+](=O)[O-])c(O)c1. The van der Waals surface area contributed by atoms with Gasteiger partial charge in [0.1, 0.15) is 0 Å². The molecule has 0 aliphatic carbocycles. The van der Waals surface area contributed by atoms with Crippen LogP contribution in [0.15, 0.2) is 79.0 Å². The minimum Gasteiger partial charge on any atom is -0.502 e. The average molecular weight is 401 g/mol. The molecule has 0 radical (unpaired) electrons. The zero-order valence-corrected chi connectivity index (χ0v) is 15.9. The molecule has 0 saturated heterocycles. The summed E-state index contributed by atoms with van der Waals surface area (Å²) in [6.07, 6.45) is 1.95. The van der Waals surface area contributed by atoms with Gasteiger partial charge in [0.05, 0.1) is 4.92 Å². The number of aromatic nitrogens is 1. The molecule has 0 saturated carbocycles. The van der Waals surface area contributed by atoms with Crippen molar-refractivity contribution in [2.24, 2.45) is 0 Å². The second kappa shape index (κ2) is 8.08. The van der Waals surface area contributed by atoms with Gasteiger partial charge in [0.15, 0.2) is 5.75 Å². The monoisotopic (exact) mass is 401 g/mol. The number of aromatic hydroxyl groups is 1. The van der Waals surface area contributed by atoms with E-state index in [-0.39, 0.29) is 11.5 Å². The van der Waals surface area contributed by atoms with Gasteiger partial charge < -0.3 is 15.4 Å². The molecule has 4 aromatic rings. The van der Waals surface area contributed by atoms with Crippen LogP contribution in [0.4, 0.5) is 5.69 Å². The van der Waals surface area contributed by atoms with E-state index in [9.17, 15) is 20.0 Å². The van der Waals surface area contributed by atoms with E-state index in [0.29, 0.717) is 6.54 Å². The fourth-order valence-corrected chi connectivity index (χ4v) is 3.59. The molecule has 1 amide bonds. The zero-order valence-electron chi connectivity index (χ0n) is 15.9. The van der Waals surface area contributed by atoms with Crippen LogP contribution in [0.25, 0.3) is 10.9 Å². The van der Waals surface area contributed by atoms with Crippen LogP contribution in [0.1, 0.15) is 27.4 Å². The first-order valence-corrected chi connectivity index (χ1v) is 9.41. The molecule has 7 heteroatoms. The Morgan fingerprint density at radius 3 is 2.53 bits per heavy atom. The Kier molecular flexibility index (Phi) is 5.17. The Morgan fingerprint density at radius 1 is 1.07 bits per heavy atom. The average Bonchev–Trinajstić information content (AvgIpc) is 3.18. The van der Waals surface area contributed by atoms with Crippen molar-refractivity contribution in [1.82, 2.24) is 10.3 Å². The summed E-state index contributed by atoms with van der Waals surface area (Å²) in [5.41, 5.74) is 2.84. The van der Waals surface area contributed by atoms with Gasteiger partial charge in [0, 0.05) is 41.2 Å². The van der Waals surface area contributed by atoms with Gasteiger partial charge in [-0.25, -0.2) is 0 Å². The number of hydrogen-bond donors (Lipinski definition) is 3. The number of phenols is 1. The van der Waals surface area contributed by atoms with E-state index in [1.807, 2.05) is 60.8 Å². The molecule has 1 unspecified atom stereocenters. The number of nitrogens with zero attached hydrogens (tertiary/aromatic N) is 1. The number of phenolic OH excluding ortho intramolecular Hbond substituents is 1. The molecule has 0 fully saturated rings. The highest BCUT2D eigenvalue weighted by Crippen LogP contribution is 2.31. The van der Waals surface area contributed by atoms with Crippen LogP contribution in [0, 0.1) is 10.1 Å².